The van der Waals surface area contributed by atoms with E-state index in [1.807, 2.05) is 0 Å². The fourth-order valence-electron chi connectivity index (χ4n) is 1.35. The van der Waals surface area contributed by atoms with E-state index in [0.29, 0.717) is 25.4 Å². The van der Waals surface area contributed by atoms with E-state index in [9.17, 15) is 9.59 Å². The summed E-state index contributed by atoms with van der Waals surface area (Å²) < 4.78 is 9.46. The highest BCUT2D eigenvalue weighted by Gasteiger charge is 2.51. The summed E-state index contributed by atoms with van der Waals surface area (Å²) in [5, 5.41) is 0. The van der Waals surface area contributed by atoms with Gasteiger partial charge < -0.3 is 9.47 Å². The van der Waals surface area contributed by atoms with Crippen LogP contribution in [-0.4, -0.2) is 35.7 Å². The molecule has 1 aliphatic carbocycles. The van der Waals surface area contributed by atoms with E-state index >= 15 is 0 Å². The van der Waals surface area contributed by atoms with Crippen LogP contribution in [0, 0.1) is 0 Å². The van der Waals surface area contributed by atoms with E-state index in [1.54, 1.807) is 13.8 Å². The molecule has 0 amide bonds. The minimum atomic E-state index is -0.359. The van der Waals surface area contributed by atoms with Crippen molar-refractivity contribution in [2.45, 2.75) is 37.9 Å². The third kappa shape index (κ3) is 3.70. The first-order valence-electron chi connectivity index (χ1n) is 5.61. The number of rotatable bonds is 7. The Morgan fingerprint density at radius 2 is 1.81 bits per heavy atom. The van der Waals surface area contributed by atoms with E-state index in [0.717, 1.165) is 12.8 Å². The zero-order valence-corrected chi connectivity index (χ0v) is 10.6. The van der Waals surface area contributed by atoms with Gasteiger partial charge in [0.2, 0.25) is 0 Å². The number of esters is 2. The Morgan fingerprint density at radius 1 is 1.19 bits per heavy atom. The summed E-state index contributed by atoms with van der Waals surface area (Å²) in [6.07, 6.45) is 2.08. The monoisotopic (exact) mass is 246 g/mol. The molecule has 0 spiro atoms. The highest BCUT2D eigenvalue weighted by molar-refractivity contribution is 8.01. The number of ether oxygens (including phenoxy) is 2. The number of hydrogen-bond acceptors (Lipinski definition) is 5. The maximum Gasteiger partial charge on any atom is 0.322 e. The predicted octanol–water partition coefficient (Wildman–Crippen LogP) is 1.77. The highest BCUT2D eigenvalue weighted by Crippen LogP contribution is 2.49. The lowest BCUT2D eigenvalue weighted by atomic mass is 10.4. The predicted molar refractivity (Wildman–Crippen MR) is 62.3 cm³/mol. The lowest BCUT2D eigenvalue weighted by Gasteiger charge is -2.12. The fraction of sp³-hybridized carbons (Fsp3) is 0.818. The molecule has 1 rings (SSSR count). The molecule has 4 nitrogen and oxygen atoms in total. The maximum absolute atomic E-state index is 11.6. The summed E-state index contributed by atoms with van der Waals surface area (Å²) in [5.41, 5.74) is 0. The van der Waals surface area contributed by atoms with Crippen LogP contribution in [0.25, 0.3) is 0 Å². The van der Waals surface area contributed by atoms with Gasteiger partial charge in [0.25, 0.3) is 0 Å². The Bertz CT molecular complexity index is 261. The Labute approximate surface area is 100 Å². The third-order valence-corrected chi connectivity index (χ3v) is 3.88. The van der Waals surface area contributed by atoms with E-state index in [4.69, 9.17) is 9.47 Å². The normalized spacial score (nSPS) is 16.6. The van der Waals surface area contributed by atoms with Gasteiger partial charge >= 0.3 is 11.9 Å². The second-order valence-electron chi connectivity index (χ2n) is 3.62. The van der Waals surface area contributed by atoms with Crippen molar-refractivity contribution in [3.63, 3.8) is 0 Å². The van der Waals surface area contributed by atoms with Crippen molar-refractivity contribution in [1.82, 2.24) is 0 Å². The Hall–Kier alpha value is -0.710. The molecule has 0 aromatic heterocycles. The molecule has 0 N–H and O–H groups in total. The van der Waals surface area contributed by atoms with Crippen LogP contribution in [0.15, 0.2) is 0 Å². The summed E-state index contributed by atoms with van der Waals surface area (Å²) >= 11 is 1.52. The zero-order valence-electron chi connectivity index (χ0n) is 9.78. The number of thioether (sulfide) groups is 1. The largest absolute Gasteiger partial charge is 0.466 e. The molecule has 0 bridgehead atoms. The molecule has 0 atom stereocenters. The van der Waals surface area contributed by atoms with Gasteiger partial charge in [-0.1, -0.05) is 0 Å². The van der Waals surface area contributed by atoms with Crippen LogP contribution in [0.4, 0.5) is 0 Å². The Morgan fingerprint density at radius 3 is 2.31 bits per heavy atom. The van der Waals surface area contributed by atoms with Gasteiger partial charge in [0.15, 0.2) is 0 Å². The molecule has 92 valence electrons. The quantitative estimate of drug-likeness (QED) is 0.641. The molecule has 0 unspecified atom stereocenters. The zero-order chi connectivity index (χ0) is 12.0. The van der Waals surface area contributed by atoms with Gasteiger partial charge in [-0.05, 0) is 26.7 Å². The van der Waals surface area contributed by atoms with Crippen molar-refractivity contribution in [2.24, 2.45) is 0 Å². The van der Waals surface area contributed by atoms with Gasteiger partial charge in [-0.15, -0.1) is 11.8 Å². The van der Waals surface area contributed by atoms with E-state index in [1.165, 1.54) is 11.8 Å². The SMILES string of the molecule is CCOC(=O)CCSC1(C(=O)OCC)CC1. The second kappa shape index (κ2) is 6.13. The highest BCUT2D eigenvalue weighted by atomic mass is 32.2. The van der Waals surface area contributed by atoms with Crippen LogP contribution in [0.2, 0.25) is 0 Å². The standard InChI is InChI=1S/C11H18O4S/c1-3-14-9(12)5-8-16-11(6-7-11)10(13)15-4-2/h3-8H2,1-2H3. The van der Waals surface area contributed by atoms with Crippen LogP contribution in [0.1, 0.15) is 33.1 Å². The lowest BCUT2D eigenvalue weighted by molar-refractivity contribution is -0.144. The van der Waals surface area contributed by atoms with Crippen molar-refractivity contribution in [1.29, 1.82) is 0 Å². The molecule has 1 fully saturated rings. The smallest absolute Gasteiger partial charge is 0.322 e. The number of carbonyl (C=O) groups is 2. The first kappa shape index (κ1) is 13.4. The second-order valence-corrected chi connectivity index (χ2v) is 5.10. The van der Waals surface area contributed by atoms with E-state index in [2.05, 4.69) is 0 Å². The topological polar surface area (TPSA) is 52.6 Å². The minimum absolute atomic E-state index is 0.135. The van der Waals surface area contributed by atoms with E-state index < -0.39 is 0 Å². The van der Waals surface area contributed by atoms with Gasteiger partial charge in [0.1, 0.15) is 4.75 Å². The summed E-state index contributed by atoms with van der Waals surface area (Å²) in [4.78, 5) is 22.7. The summed E-state index contributed by atoms with van der Waals surface area (Å²) in [7, 11) is 0. The van der Waals surface area contributed by atoms with Gasteiger partial charge in [-0.3, -0.25) is 9.59 Å². The summed E-state index contributed by atoms with van der Waals surface area (Å²) in [5.74, 6) is 0.288. The molecule has 0 radical (unpaired) electrons. The fourth-order valence-corrected chi connectivity index (χ4v) is 2.57. The molecule has 5 heteroatoms. The van der Waals surface area contributed by atoms with Crippen LogP contribution >= 0.6 is 11.8 Å². The van der Waals surface area contributed by atoms with Gasteiger partial charge in [-0.2, -0.15) is 0 Å². The average molecular weight is 246 g/mol. The first-order valence-corrected chi connectivity index (χ1v) is 6.60. The summed E-state index contributed by atoms with van der Waals surface area (Å²) in [6, 6.07) is 0. The Balaban J connectivity index is 2.22. The molecule has 0 saturated heterocycles. The number of carbonyl (C=O) groups excluding carboxylic acids is 2. The Kier molecular flexibility index (Phi) is 5.12. The van der Waals surface area contributed by atoms with Crippen molar-refractivity contribution in [2.75, 3.05) is 19.0 Å². The van der Waals surface area contributed by atoms with Crippen molar-refractivity contribution in [3.05, 3.63) is 0 Å². The van der Waals surface area contributed by atoms with Gasteiger partial charge in [0.05, 0.1) is 19.6 Å². The van der Waals surface area contributed by atoms with Crippen molar-refractivity contribution >= 4 is 23.7 Å². The molecular weight excluding hydrogens is 228 g/mol. The molecule has 16 heavy (non-hydrogen) atoms. The van der Waals surface area contributed by atoms with Gasteiger partial charge in [0, 0.05) is 5.75 Å². The molecule has 0 aromatic carbocycles. The lowest BCUT2D eigenvalue weighted by Crippen LogP contribution is -2.22. The maximum atomic E-state index is 11.6. The summed E-state index contributed by atoms with van der Waals surface area (Å²) in [6.45, 7) is 4.41. The molecule has 0 aliphatic heterocycles. The average Bonchev–Trinajstić information content (AvgIpc) is 3.00. The van der Waals surface area contributed by atoms with Gasteiger partial charge in [-0.25, -0.2) is 0 Å². The van der Waals surface area contributed by atoms with E-state index in [-0.39, 0.29) is 16.7 Å². The minimum Gasteiger partial charge on any atom is -0.466 e. The molecule has 0 heterocycles. The molecule has 0 aromatic rings. The molecule has 1 aliphatic rings. The van der Waals surface area contributed by atoms with Crippen molar-refractivity contribution in [3.8, 4) is 0 Å². The molecular formula is C11H18O4S. The van der Waals surface area contributed by atoms with Crippen molar-refractivity contribution < 1.29 is 19.1 Å². The van der Waals surface area contributed by atoms with Crippen LogP contribution in [0.5, 0.6) is 0 Å². The number of hydrogen-bond donors (Lipinski definition) is 0. The molecule has 1 saturated carbocycles. The van der Waals surface area contributed by atoms with Crippen LogP contribution in [-0.2, 0) is 19.1 Å². The van der Waals surface area contributed by atoms with Crippen LogP contribution in [0.3, 0.4) is 0 Å². The van der Waals surface area contributed by atoms with Crippen LogP contribution < -0.4 is 0 Å². The first-order chi connectivity index (χ1) is 7.64. The third-order valence-electron chi connectivity index (χ3n) is 2.34.